The third kappa shape index (κ3) is 5.85. The Morgan fingerprint density at radius 3 is 1.30 bits per heavy atom. The van der Waals surface area contributed by atoms with Crippen molar-refractivity contribution in [2.75, 3.05) is 4.90 Å². The van der Waals surface area contributed by atoms with E-state index in [9.17, 15) is 0 Å². The molecule has 0 atom stereocenters. The van der Waals surface area contributed by atoms with E-state index in [1.54, 1.807) is 0 Å². The van der Waals surface area contributed by atoms with Gasteiger partial charge >= 0.3 is 0 Å². The van der Waals surface area contributed by atoms with Crippen LogP contribution in [0.2, 0.25) is 0 Å². The van der Waals surface area contributed by atoms with Crippen molar-refractivity contribution in [2.45, 2.75) is 0 Å². The van der Waals surface area contributed by atoms with Crippen molar-refractivity contribution in [1.29, 1.82) is 0 Å². The summed E-state index contributed by atoms with van der Waals surface area (Å²) in [6, 6.07) is 83.1. The van der Waals surface area contributed by atoms with Gasteiger partial charge in [-0.25, -0.2) is 0 Å². The highest BCUT2D eigenvalue weighted by molar-refractivity contribution is 6.09. The van der Waals surface area contributed by atoms with Crippen molar-refractivity contribution in [1.82, 2.24) is 4.57 Å². The smallest absolute Gasteiger partial charge is 0.0541 e. The number of hydrogen-bond donors (Lipinski definition) is 0. The van der Waals surface area contributed by atoms with Gasteiger partial charge in [-0.2, -0.15) is 0 Å². The maximum atomic E-state index is 2.45. The van der Waals surface area contributed by atoms with Crippen LogP contribution in [0.5, 0.6) is 0 Å². The van der Waals surface area contributed by atoms with Gasteiger partial charge in [0.1, 0.15) is 0 Å². The van der Waals surface area contributed by atoms with Gasteiger partial charge in [-0.05, 0) is 75.8 Å². The van der Waals surface area contributed by atoms with Crippen LogP contribution in [0.4, 0.5) is 17.1 Å². The third-order valence-corrected chi connectivity index (χ3v) is 10.8. The molecule has 0 aliphatic heterocycles. The van der Waals surface area contributed by atoms with Gasteiger partial charge in [0, 0.05) is 33.3 Å². The molecule has 1 heterocycles. The van der Waals surface area contributed by atoms with Gasteiger partial charge in [-0.1, -0.05) is 188 Å². The molecule has 0 unspecified atom stereocenters. The van der Waals surface area contributed by atoms with Crippen molar-refractivity contribution in [3.05, 3.63) is 231 Å². The second-order valence-electron chi connectivity index (χ2n) is 14.1. The zero-order valence-electron chi connectivity index (χ0n) is 30.8. The van der Waals surface area contributed by atoms with E-state index in [0.29, 0.717) is 0 Å². The lowest BCUT2D eigenvalue weighted by atomic mass is 9.88. The average molecular weight is 715 g/mol. The summed E-state index contributed by atoms with van der Waals surface area (Å²) in [5.74, 6) is 0. The van der Waals surface area contributed by atoms with Gasteiger partial charge in [-0.3, -0.25) is 0 Å². The number of hydrogen-bond acceptors (Lipinski definition) is 1. The predicted molar refractivity (Wildman–Crippen MR) is 237 cm³/mol. The Morgan fingerprint density at radius 1 is 0.286 bits per heavy atom. The third-order valence-electron chi connectivity index (χ3n) is 10.8. The lowest BCUT2D eigenvalue weighted by Gasteiger charge is -2.30. The Bertz CT molecular complexity index is 2920. The minimum atomic E-state index is 1.07. The van der Waals surface area contributed by atoms with Gasteiger partial charge < -0.3 is 9.47 Å². The van der Waals surface area contributed by atoms with E-state index in [4.69, 9.17) is 0 Å². The Hall–Kier alpha value is -7.42. The number of nitrogens with zero attached hydrogens (tertiary/aromatic N) is 2. The number of fused-ring (bicyclic) bond motifs is 3. The van der Waals surface area contributed by atoms with E-state index in [1.165, 1.54) is 55.2 Å². The summed E-state index contributed by atoms with van der Waals surface area (Å²) >= 11 is 0. The molecular weight excluding hydrogens is 677 g/mol. The van der Waals surface area contributed by atoms with Crippen molar-refractivity contribution < 1.29 is 0 Å². The van der Waals surface area contributed by atoms with Gasteiger partial charge in [0.05, 0.1) is 22.4 Å². The molecule has 10 rings (SSSR count). The minimum Gasteiger partial charge on any atom is -0.309 e. The second-order valence-corrected chi connectivity index (χ2v) is 14.1. The summed E-state index contributed by atoms with van der Waals surface area (Å²) in [6.07, 6.45) is 0. The molecule has 1 aromatic heterocycles. The SMILES string of the molecule is c1ccc(-c2ccccc2-c2ccccc2-c2ccccc2N(c2cccc(-n3c4ccccc4c4ccccc43)c2)c2ccccc2-c2ccccc2)cc1. The Labute approximate surface area is 327 Å². The quantitative estimate of drug-likeness (QED) is 0.152. The molecule has 264 valence electrons. The first-order valence-electron chi connectivity index (χ1n) is 19.2. The molecule has 0 saturated heterocycles. The fourth-order valence-corrected chi connectivity index (χ4v) is 8.35. The molecule has 0 radical (unpaired) electrons. The number of rotatable bonds is 8. The number of aromatic nitrogens is 1. The molecule has 0 bridgehead atoms. The van der Waals surface area contributed by atoms with Gasteiger partial charge in [-0.15, -0.1) is 0 Å². The maximum absolute atomic E-state index is 2.45. The van der Waals surface area contributed by atoms with Crippen LogP contribution >= 0.6 is 0 Å². The van der Waals surface area contributed by atoms with E-state index in [0.717, 1.165) is 33.9 Å². The van der Waals surface area contributed by atoms with E-state index in [2.05, 4.69) is 240 Å². The van der Waals surface area contributed by atoms with Crippen LogP contribution in [0.25, 0.3) is 72.0 Å². The van der Waals surface area contributed by atoms with Crippen LogP contribution in [0.3, 0.4) is 0 Å². The molecule has 2 nitrogen and oxygen atoms in total. The summed E-state index contributed by atoms with van der Waals surface area (Å²) in [7, 11) is 0. The number of para-hydroxylation sites is 4. The first-order chi connectivity index (χ1) is 27.8. The Balaban J connectivity index is 1.22. The highest BCUT2D eigenvalue weighted by Gasteiger charge is 2.23. The molecule has 0 aliphatic rings. The van der Waals surface area contributed by atoms with Crippen molar-refractivity contribution in [2.24, 2.45) is 0 Å². The van der Waals surface area contributed by atoms with Crippen molar-refractivity contribution in [3.8, 4) is 50.2 Å². The van der Waals surface area contributed by atoms with Crippen molar-refractivity contribution >= 4 is 38.9 Å². The van der Waals surface area contributed by atoms with E-state index >= 15 is 0 Å². The highest BCUT2D eigenvalue weighted by Crippen LogP contribution is 2.47. The summed E-state index contributed by atoms with van der Waals surface area (Å²) in [5.41, 5.74) is 16.2. The van der Waals surface area contributed by atoms with E-state index in [-0.39, 0.29) is 0 Å². The molecule has 0 aliphatic carbocycles. The van der Waals surface area contributed by atoms with Crippen LogP contribution in [0, 0.1) is 0 Å². The molecule has 9 aromatic carbocycles. The molecule has 0 fully saturated rings. The fourth-order valence-electron chi connectivity index (χ4n) is 8.35. The van der Waals surface area contributed by atoms with E-state index in [1.807, 2.05) is 0 Å². The lowest BCUT2D eigenvalue weighted by molar-refractivity contribution is 1.17. The van der Waals surface area contributed by atoms with Crippen LogP contribution in [-0.4, -0.2) is 4.57 Å². The zero-order valence-corrected chi connectivity index (χ0v) is 30.8. The number of anilines is 3. The normalized spacial score (nSPS) is 11.2. The highest BCUT2D eigenvalue weighted by atomic mass is 15.2. The largest absolute Gasteiger partial charge is 0.309 e. The fraction of sp³-hybridized carbons (Fsp3) is 0. The molecule has 0 N–H and O–H groups in total. The molecule has 0 spiro atoms. The monoisotopic (exact) mass is 714 g/mol. The van der Waals surface area contributed by atoms with Crippen LogP contribution in [0.1, 0.15) is 0 Å². The van der Waals surface area contributed by atoms with Crippen LogP contribution < -0.4 is 4.90 Å². The summed E-state index contributed by atoms with van der Waals surface area (Å²) in [5, 5.41) is 2.50. The minimum absolute atomic E-state index is 1.07. The molecule has 56 heavy (non-hydrogen) atoms. The molecule has 2 heteroatoms. The maximum Gasteiger partial charge on any atom is 0.0541 e. The summed E-state index contributed by atoms with van der Waals surface area (Å²) in [6.45, 7) is 0. The van der Waals surface area contributed by atoms with Gasteiger partial charge in [0.25, 0.3) is 0 Å². The molecular formula is C54H38N2. The van der Waals surface area contributed by atoms with Crippen molar-refractivity contribution in [3.63, 3.8) is 0 Å². The summed E-state index contributed by atoms with van der Waals surface area (Å²) < 4.78 is 2.40. The summed E-state index contributed by atoms with van der Waals surface area (Å²) in [4.78, 5) is 2.45. The standard InChI is InChI=1S/C54H38N2/c1-3-20-39(21-4-1)43-26-7-8-28-45(43)46-29-9-10-30-47(46)48-31-12-16-35-52(48)55(51-34-15-11-27-44(51)40-22-5-2-6-23-40)41-24-19-25-42(38-41)56-53-36-17-13-32-49(53)50-33-14-18-37-54(50)56/h1-38H. The van der Waals surface area contributed by atoms with Gasteiger partial charge in [0.2, 0.25) is 0 Å². The zero-order chi connectivity index (χ0) is 37.3. The Morgan fingerprint density at radius 2 is 0.696 bits per heavy atom. The lowest BCUT2D eigenvalue weighted by Crippen LogP contribution is -2.13. The van der Waals surface area contributed by atoms with E-state index < -0.39 is 0 Å². The predicted octanol–water partition coefficient (Wildman–Crippen LogP) is 14.9. The number of benzene rings is 9. The van der Waals surface area contributed by atoms with Crippen LogP contribution in [-0.2, 0) is 0 Å². The first-order valence-corrected chi connectivity index (χ1v) is 19.2. The average Bonchev–Trinajstić information content (AvgIpc) is 3.62. The molecule has 0 saturated carbocycles. The second kappa shape index (κ2) is 14.4. The van der Waals surface area contributed by atoms with Gasteiger partial charge in [0.15, 0.2) is 0 Å². The molecule has 0 amide bonds. The Kier molecular flexibility index (Phi) is 8.55. The topological polar surface area (TPSA) is 8.17 Å². The first kappa shape index (κ1) is 33.2. The molecule has 10 aromatic rings. The van der Waals surface area contributed by atoms with Crippen LogP contribution in [0.15, 0.2) is 231 Å².